The number of rotatable bonds is 9. The molecule has 0 atom stereocenters. The number of carboxylic acid groups (broad SMARTS) is 1. The van der Waals surface area contributed by atoms with Gasteiger partial charge in [-0.15, -0.1) is 0 Å². The van der Waals surface area contributed by atoms with E-state index in [1.54, 1.807) is 6.07 Å². The number of ether oxygens (including phenoxy) is 2. The molecule has 25 nitrogen and oxygen atoms in total. The molecule has 0 saturated heterocycles. The van der Waals surface area contributed by atoms with Gasteiger partial charge in [-0.3, -0.25) is 4.79 Å². The fraction of sp³-hybridized carbons (Fsp3) is 0.579. The van der Waals surface area contributed by atoms with Crippen LogP contribution in [0.4, 0.5) is 9.59 Å². The predicted octanol–water partition coefficient (Wildman–Crippen LogP) is 0.385. The lowest BCUT2D eigenvalue weighted by Crippen LogP contribution is -2.30. The van der Waals surface area contributed by atoms with Crippen LogP contribution in [0, 0.1) is 21.4 Å². The van der Waals surface area contributed by atoms with Crippen molar-refractivity contribution >= 4 is 160 Å². The second-order valence-electron chi connectivity index (χ2n) is 7.39. The Morgan fingerprint density at radius 1 is 0.435 bits per heavy atom. The molecule has 2 aromatic rings. The monoisotopic (exact) mass is 1690 g/mol. The molecule has 69 heavy (non-hydrogen) atoms. The molecule has 0 bridgehead atoms. The zero-order chi connectivity index (χ0) is 59.5. The number of hydrogen-bond acceptors (Lipinski definition) is 21. The van der Waals surface area contributed by atoms with Crippen molar-refractivity contribution in [1.29, 1.82) is 0 Å². The van der Waals surface area contributed by atoms with Gasteiger partial charge < -0.3 is 108 Å². The molecular weight excluding hydrogens is 1610 g/mol. The van der Waals surface area contributed by atoms with Gasteiger partial charge in [0.1, 0.15) is 0 Å². The Bertz CT molecular complexity index is 1230. The molecule has 0 heterocycles. The fourth-order valence-corrected chi connectivity index (χ4v) is 7.23. The Hall–Kier alpha value is -0.300. The van der Waals surface area contributed by atoms with Gasteiger partial charge in [0, 0.05) is 141 Å². The number of methoxy groups -OCH3 is 2. The number of hydrogen-bond donors (Lipinski definition) is 19. The number of benzene rings is 2. The lowest BCUT2D eigenvalue weighted by Gasteiger charge is -2.09. The Labute approximate surface area is 490 Å². The van der Waals surface area contributed by atoms with E-state index in [1.165, 1.54) is 14.2 Å². The first-order chi connectivity index (χ1) is 33.3. The first kappa shape index (κ1) is 109. The normalized spacial score (nSPS) is 6.97. The van der Waals surface area contributed by atoms with Crippen LogP contribution in [0.25, 0.3) is 0 Å². The number of carbonyl (C=O) groups is 4. The van der Waals surface area contributed by atoms with Crippen LogP contribution < -0.4 is 21.7 Å². The Balaban J connectivity index is -0.0000000399. The summed E-state index contributed by atoms with van der Waals surface area (Å²) in [6.07, 6.45) is 0.578. The highest BCUT2D eigenvalue weighted by atomic mass is 127. The van der Waals surface area contributed by atoms with Gasteiger partial charge in [0.25, 0.3) is 5.91 Å². The molecule has 0 aliphatic carbocycles. The van der Waals surface area contributed by atoms with Gasteiger partial charge in [0.2, 0.25) is 0 Å². The number of aromatic carboxylic acids is 1. The number of aliphatic hydroxyl groups is 14. The number of nitrogens with one attached hydrogen (secondary N) is 3. The summed E-state index contributed by atoms with van der Waals surface area (Å²) >= 11 is 12.9. The third kappa shape index (κ3) is 90.9. The predicted molar refractivity (Wildman–Crippen MR) is 322 cm³/mol. The Morgan fingerprint density at radius 2 is 0.681 bits per heavy atom. The van der Waals surface area contributed by atoms with E-state index in [0.717, 1.165) is 127 Å². The SMILES string of the molecule is CO.CO.CO.CO.CO.CO.CO.CO.CO.CO.CO.CO.CO.CO.COC(=O)NCCCN.COC(=O)NCCCNC(=O)c1cc(I)cc(I)c1I.O=C(O)c1cc(I)cc(I)c1I. The molecule has 2 rings (SSSR count). The smallest absolute Gasteiger partial charge is 0.406 e. The topological polar surface area (TPSA) is 452 Å². The molecule has 0 aliphatic heterocycles. The van der Waals surface area contributed by atoms with E-state index in [1.807, 2.05) is 40.8 Å². The lowest BCUT2D eigenvalue weighted by molar-refractivity contribution is 0.0695. The van der Waals surface area contributed by atoms with Gasteiger partial charge in [-0.05, 0) is 179 Å². The molecule has 0 saturated carbocycles. The van der Waals surface area contributed by atoms with Crippen molar-refractivity contribution in [3.8, 4) is 0 Å². The first-order valence-electron chi connectivity index (χ1n) is 17.7. The fourth-order valence-electron chi connectivity index (χ4n) is 2.45. The van der Waals surface area contributed by atoms with Crippen LogP contribution >= 0.6 is 136 Å². The summed E-state index contributed by atoms with van der Waals surface area (Å²) in [4.78, 5) is 43.9. The highest BCUT2D eigenvalue weighted by Gasteiger charge is 2.13. The maximum atomic E-state index is 12.1. The summed E-state index contributed by atoms with van der Waals surface area (Å²) < 4.78 is 14.5. The summed E-state index contributed by atoms with van der Waals surface area (Å²) in [5, 5.41) is 115. The summed E-state index contributed by atoms with van der Waals surface area (Å²) in [5.41, 5.74) is 6.23. The quantitative estimate of drug-likeness (QED) is 0.0917. The second-order valence-corrected chi connectivity index (χ2v) is 14.4. The van der Waals surface area contributed by atoms with Crippen molar-refractivity contribution < 1.29 is 105 Å². The van der Waals surface area contributed by atoms with Crippen molar-refractivity contribution in [3.05, 3.63) is 56.8 Å². The molecule has 0 spiro atoms. The number of carboxylic acids is 1. The number of alkyl carbamates (subject to hydrolysis) is 2. The minimum Gasteiger partial charge on any atom is -0.478 e. The molecule has 2 aromatic carbocycles. The van der Waals surface area contributed by atoms with Crippen molar-refractivity contribution in [3.63, 3.8) is 0 Å². The Kier molecular flexibility index (Phi) is 185. The molecule has 0 fully saturated rings. The third-order valence-electron chi connectivity index (χ3n) is 4.39. The van der Waals surface area contributed by atoms with Gasteiger partial charge in [0.15, 0.2) is 0 Å². The number of aliphatic hydroxyl groups excluding tert-OH is 14. The van der Waals surface area contributed by atoms with E-state index < -0.39 is 18.2 Å². The molecule has 424 valence electrons. The molecule has 3 amide bonds. The largest absolute Gasteiger partial charge is 0.478 e. The van der Waals surface area contributed by atoms with Crippen LogP contribution in [-0.4, -0.2) is 241 Å². The minimum absolute atomic E-state index is 0.0936. The van der Waals surface area contributed by atoms with Crippen LogP contribution in [0.1, 0.15) is 33.6 Å². The second kappa shape index (κ2) is 117. The van der Waals surface area contributed by atoms with Gasteiger partial charge in [-0.25, -0.2) is 14.4 Å². The van der Waals surface area contributed by atoms with Crippen LogP contribution in [0.15, 0.2) is 24.3 Å². The van der Waals surface area contributed by atoms with E-state index >= 15 is 0 Å². The maximum Gasteiger partial charge on any atom is 0.406 e. The van der Waals surface area contributed by atoms with E-state index in [9.17, 15) is 19.2 Å². The molecule has 0 radical (unpaired) electrons. The number of amides is 3. The van der Waals surface area contributed by atoms with Crippen molar-refractivity contribution in [2.24, 2.45) is 5.73 Å². The van der Waals surface area contributed by atoms with E-state index in [-0.39, 0.29) is 5.91 Å². The first-order valence-corrected chi connectivity index (χ1v) is 24.2. The highest BCUT2D eigenvalue weighted by molar-refractivity contribution is 14.1. The van der Waals surface area contributed by atoms with Crippen molar-refractivity contribution in [2.75, 3.05) is 140 Å². The minimum atomic E-state index is -0.865. The summed E-state index contributed by atoms with van der Waals surface area (Å²) in [6, 6.07) is 7.52. The van der Waals surface area contributed by atoms with Gasteiger partial charge in [-0.1, -0.05) is 0 Å². The van der Waals surface area contributed by atoms with Gasteiger partial charge >= 0.3 is 18.2 Å². The average molecular weight is 1690 g/mol. The van der Waals surface area contributed by atoms with E-state index in [0.29, 0.717) is 43.7 Å². The van der Waals surface area contributed by atoms with Crippen LogP contribution in [0.3, 0.4) is 0 Å². The number of halogens is 6. The van der Waals surface area contributed by atoms with Crippen LogP contribution in [0.2, 0.25) is 0 Å². The Morgan fingerprint density at radius 3 is 0.942 bits per heavy atom. The summed E-state index contributed by atoms with van der Waals surface area (Å²) in [7, 11) is 16.6. The number of carbonyl (C=O) groups excluding carboxylic acids is 3. The van der Waals surface area contributed by atoms with Crippen LogP contribution in [-0.2, 0) is 9.47 Å². The third-order valence-corrected chi connectivity index (χ3v) is 11.7. The molecule has 31 heteroatoms. The zero-order valence-electron chi connectivity index (χ0n) is 42.1. The highest BCUT2D eigenvalue weighted by Crippen LogP contribution is 2.23. The molecule has 0 aliphatic rings. The number of nitrogens with two attached hydrogens (primary N) is 1. The summed E-state index contributed by atoms with van der Waals surface area (Å²) in [5.74, 6) is -0.959. The standard InChI is InChI=1S/C12H13I3N2O3.C7H3I3O2.C5H12N2O2.14CH4O/c1-20-12(19)17-4-2-3-16-11(18)8-5-7(13)6-9(14)10(8)15;8-3-1-4(7(11)12)6(10)5(9)2-3;1-9-5(8)7-4-2-3-6;14*1-2/h5-6H,2-4H2,1H3,(H,16,18)(H,17,19);1-2H,(H,11,12);2-4,6H2,1H3,(H,7,8);14*2H,1H3. The molecule has 0 unspecified atom stereocenters. The van der Waals surface area contributed by atoms with Crippen molar-refractivity contribution in [1.82, 2.24) is 16.0 Å². The molecular formula is C38H84I6N4O21. The van der Waals surface area contributed by atoms with Crippen molar-refractivity contribution in [2.45, 2.75) is 12.8 Å². The van der Waals surface area contributed by atoms with E-state index in [4.69, 9.17) is 82.3 Å². The lowest BCUT2D eigenvalue weighted by atomic mass is 10.2. The molecule has 0 aromatic heterocycles. The van der Waals surface area contributed by atoms with Crippen LogP contribution in [0.5, 0.6) is 0 Å². The molecule has 20 N–H and O–H groups in total. The maximum absolute atomic E-state index is 12.1. The van der Waals surface area contributed by atoms with E-state index in [2.05, 4.69) is 138 Å². The average Bonchev–Trinajstić information content (AvgIpc) is 3.44. The van der Waals surface area contributed by atoms with Gasteiger partial charge in [0.05, 0.1) is 25.3 Å². The van der Waals surface area contributed by atoms with Gasteiger partial charge in [-0.2, -0.15) is 0 Å². The summed E-state index contributed by atoms with van der Waals surface area (Å²) in [6.45, 7) is 2.14. The zero-order valence-corrected chi connectivity index (χ0v) is 55.0.